The molecular formula is C24H21F5O3. The minimum Gasteiger partial charge on any atom is -0.488 e. The summed E-state index contributed by atoms with van der Waals surface area (Å²) in [4.78, 5) is 0. The Labute approximate surface area is 182 Å². The van der Waals surface area contributed by atoms with E-state index in [2.05, 4.69) is 0 Å². The maximum atomic E-state index is 14.1. The van der Waals surface area contributed by atoms with Crippen molar-refractivity contribution in [3.05, 3.63) is 89.5 Å². The van der Waals surface area contributed by atoms with Gasteiger partial charge in [0, 0.05) is 0 Å². The van der Waals surface area contributed by atoms with Crippen molar-refractivity contribution in [3.63, 3.8) is 0 Å². The molecule has 0 aliphatic rings. The summed E-state index contributed by atoms with van der Waals surface area (Å²) in [5.41, 5.74) is 0.0144. The lowest BCUT2D eigenvalue weighted by Crippen LogP contribution is -2.26. The largest absolute Gasteiger partial charge is 0.488 e. The van der Waals surface area contributed by atoms with E-state index in [1.807, 2.05) is 18.2 Å². The summed E-state index contributed by atoms with van der Waals surface area (Å²) in [5.74, 6) is -4.18. The van der Waals surface area contributed by atoms with Gasteiger partial charge in [-0.05, 0) is 54.4 Å². The number of para-hydroxylation sites is 1. The third-order valence-corrected chi connectivity index (χ3v) is 4.54. The fourth-order valence-corrected chi connectivity index (χ4v) is 3.06. The highest BCUT2D eigenvalue weighted by Crippen LogP contribution is 2.37. The van der Waals surface area contributed by atoms with E-state index < -0.39 is 41.6 Å². The number of rotatable bonds is 9. The molecule has 0 aliphatic carbocycles. The fourth-order valence-electron chi connectivity index (χ4n) is 3.06. The summed E-state index contributed by atoms with van der Waals surface area (Å²) in [5, 5.41) is 0. The highest BCUT2D eigenvalue weighted by atomic mass is 19.4. The molecule has 0 heterocycles. The molecule has 170 valence electrons. The second-order valence-corrected chi connectivity index (χ2v) is 6.92. The molecule has 0 saturated heterocycles. The Morgan fingerprint density at radius 3 is 2.12 bits per heavy atom. The van der Waals surface area contributed by atoms with E-state index in [-0.39, 0.29) is 13.2 Å². The van der Waals surface area contributed by atoms with Crippen LogP contribution in [0.5, 0.6) is 17.2 Å². The van der Waals surface area contributed by atoms with Gasteiger partial charge in [0.05, 0.1) is 19.8 Å². The molecule has 0 amide bonds. The van der Waals surface area contributed by atoms with Crippen molar-refractivity contribution < 1.29 is 36.2 Å². The van der Waals surface area contributed by atoms with Gasteiger partial charge in [0.15, 0.2) is 17.4 Å². The molecule has 0 N–H and O–H groups in total. The number of alkyl halides is 3. The molecule has 0 spiro atoms. The maximum absolute atomic E-state index is 14.1. The Bertz CT molecular complexity index is 999. The van der Waals surface area contributed by atoms with Crippen LogP contribution in [0.3, 0.4) is 0 Å². The summed E-state index contributed by atoms with van der Waals surface area (Å²) < 4.78 is 84.6. The average Bonchev–Trinajstić information content (AvgIpc) is 2.74. The number of hydrogen-bond donors (Lipinski definition) is 0. The van der Waals surface area contributed by atoms with Crippen LogP contribution in [-0.2, 0) is 11.3 Å². The summed E-state index contributed by atoms with van der Waals surface area (Å²) in [7, 11) is 0. The Morgan fingerprint density at radius 1 is 0.844 bits per heavy atom. The molecule has 0 aliphatic heterocycles. The van der Waals surface area contributed by atoms with Gasteiger partial charge in [-0.25, -0.2) is 8.78 Å². The van der Waals surface area contributed by atoms with Crippen molar-refractivity contribution >= 4 is 0 Å². The molecule has 1 unspecified atom stereocenters. The minimum absolute atomic E-state index is 0.0218. The van der Waals surface area contributed by atoms with Gasteiger partial charge < -0.3 is 14.2 Å². The first kappa shape index (κ1) is 23.5. The zero-order valence-electron chi connectivity index (χ0n) is 17.2. The van der Waals surface area contributed by atoms with Gasteiger partial charge in [0.2, 0.25) is 0 Å². The van der Waals surface area contributed by atoms with Gasteiger partial charge in [0.25, 0.3) is 0 Å². The third kappa shape index (κ3) is 6.20. The van der Waals surface area contributed by atoms with Crippen molar-refractivity contribution in [1.82, 2.24) is 0 Å². The van der Waals surface area contributed by atoms with Crippen LogP contribution in [0.2, 0.25) is 0 Å². The fraction of sp³-hybridized carbons (Fsp3) is 0.250. The predicted octanol–water partition coefficient (Wildman–Crippen LogP) is 7.02. The van der Waals surface area contributed by atoms with Gasteiger partial charge in [-0.2, -0.15) is 13.2 Å². The zero-order valence-corrected chi connectivity index (χ0v) is 17.2. The molecule has 3 rings (SSSR count). The first-order valence-corrected chi connectivity index (χ1v) is 9.86. The number of ether oxygens (including phenoxy) is 3. The maximum Gasteiger partial charge on any atom is 0.397 e. The average molecular weight is 452 g/mol. The highest BCUT2D eigenvalue weighted by Gasteiger charge is 2.41. The normalized spacial score (nSPS) is 12.4. The summed E-state index contributed by atoms with van der Waals surface area (Å²) in [6, 6.07) is 17.0. The van der Waals surface area contributed by atoms with Gasteiger partial charge in [0.1, 0.15) is 17.4 Å². The van der Waals surface area contributed by atoms with Crippen LogP contribution in [0, 0.1) is 11.6 Å². The van der Waals surface area contributed by atoms with E-state index >= 15 is 0 Å². The molecule has 3 nitrogen and oxygen atoms in total. The molecule has 0 bridgehead atoms. The Morgan fingerprint density at radius 2 is 1.50 bits per heavy atom. The Balaban J connectivity index is 1.69. The van der Waals surface area contributed by atoms with Crippen LogP contribution in [0.25, 0.3) is 0 Å². The smallest absolute Gasteiger partial charge is 0.397 e. The van der Waals surface area contributed by atoms with E-state index in [0.717, 1.165) is 0 Å². The van der Waals surface area contributed by atoms with Crippen molar-refractivity contribution in [2.24, 2.45) is 0 Å². The molecule has 3 aromatic rings. The first-order valence-electron chi connectivity index (χ1n) is 9.86. The molecule has 1 atom stereocenters. The predicted molar refractivity (Wildman–Crippen MR) is 109 cm³/mol. The number of hydrogen-bond acceptors (Lipinski definition) is 3. The third-order valence-electron chi connectivity index (χ3n) is 4.54. The van der Waals surface area contributed by atoms with E-state index in [9.17, 15) is 22.0 Å². The van der Waals surface area contributed by atoms with Crippen LogP contribution in [0.4, 0.5) is 22.0 Å². The summed E-state index contributed by atoms with van der Waals surface area (Å²) >= 11 is 0. The van der Waals surface area contributed by atoms with Crippen LogP contribution in [0.1, 0.15) is 24.0 Å². The Kier molecular flexibility index (Phi) is 7.69. The summed E-state index contributed by atoms with van der Waals surface area (Å²) in [6.07, 6.45) is -4.76. The Hall–Kier alpha value is -3.13. The van der Waals surface area contributed by atoms with Gasteiger partial charge >= 0.3 is 6.18 Å². The van der Waals surface area contributed by atoms with Gasteiger partial charge in [-0.3, -0.25) is 0 Å². The van der Waals surface area contributed by atoms with E-state index in [4.69, 9.17) is 14.2 Å². The molecule has 0 saturated carbocycles. The minimum atomic E-state index is -4.76. The van der Waals surface area contributed by atoms with Crippen LogP contribution in [-0.4, -0.2) is 19.4 Å². The highest BCUT2D eigenvalue weighted by molar-refractivity contribution is 5.35. The quantitative estimate of drug-likeness (QED) is 0.327. The van der Waals surface area contributed by atoms with E-state index in [0.29, 0.717) is 29.2 Å². The lowest BCUT2D eigenvalue weighted by Gasteiger charge is -2.21. The monoisotopic (exact) mass is 452 g/mol. The second kappa shape index (κ2) is 10.5. The van der Waals surface area contributed by atoms with Crippen LogP contribution >= 0.6 is 0 Å². The molecule has 0 radical (unpaired) electrons. The van der Waals surface area contributed by atoms with Crippen LogP contribution < -0.4 is 9.47 Å². The summed E-state index contributed by atoms with van der Waals surface area (Å²) in [6.45, 7) is 0.547. The molecule has 32 heavy (non-hydrogen) atoms. The van der Waals surface area contributed by atoms with Crippen LogP contribution in [0.15, 0.2) is 66.7 Å². The van der Waals surface area contributed by atoms with Gasteiger partial charge in [-0.15, -0.1) is 0 Å². The van der Waals surface area contributed by atoms with E-state index in [1.54, 1.807) is 36.4 Å². The number of benzene rings is 3. The second-order valence-electron chi connectivity index (χ2n) is 6.92. The van der Waals surface area contributed by atoms with Crippen molar-refractivity contribution in [2.75, 3.05) is 13.2 Å². The topological polar surface area (TPSA) is 27.7 Å². The molecule has 0 fully saturated rings. The van der Waals surface area contributed by atoms with E-state index in [1.165, 1.54) is 6.92 Å². The molecule has 8 heteroatoms. The standard InChI is InChI=1S/C24H21F5O3/c1-2-31-23-21(25)12-17(13-22(23)26)20(24(27,28)29)15-30-14-16-7-6-10-19(11-16)32-18-8-4-3-5-9-18/h3-13,20H,2,14-15H2,1H3. The lowest BCUT2D eigenvalue weighted by molar-refractivity contribution is -0.163. The van der Waals surface area contributed by atoms with Crippen molar-refractivity contribution in [2.45, 2.75) is 25.6 Å². The zero-order chi connectivity index (χ0) is 23.1. The molecular weight excluding hydrogens is 431 g/mol. The molecule has 0 aromatic heterocycles. The van der Waals surface area contributed by atoms with Gasteiger partial charge in [-0.1, -0.05) is 30.3 Å². The first-order chi connectivity index (χ1) is 15.3. The lowest BCUT2D eigenvalue weighted by atomic mass is 9.98. The number of halogens is 5. The SMILES string of the molecule is CCOc1c(F)cc(C(COCc2cccc(Oc3ccccc3)c2)C(F)(F)F)cc1F. The van der Waals surface area contributed by atoms with Crippen molar-refractivity contribution in [1.29, 1.82) is 0 Å². The molecule has 3 aromatic carbocycles. The van der Waals surface area contributed by atoms with Crippen molar-refractivity contribution in [3.8, 4) is 17.2 Å².